The van der Waals surface area contributed by atoms with Gasteiger partial charge in [0.05, 0.1) is 6.26 Å². The number of aryl methyl sites for hydroxylation is 1. The molecule has 2 aromatic rings. The lowest BCUT2D eigenvalue weighted by Crippen LogP contribution is -2.07. The van der Waals surface area contributed by atoms with E-state index in [1.165, 1.54) is 25.3 Å². The van der Waals surface area contributed by atoms with Crippen LogP contribution in [0.25, 0.3) is 0 Å². The van der Waals surface area contributed by atoms with E-state index in [0.29, 0.717) is 11.1 Å². The van der Waals surface area contributed by atoms with E-state index >= 15 is 0 Å². The number of rotatable bonds is 4. The molecule has 1 aromatic heterocycles. The monoisotopic (exact) mass is 267 g/mol. The molecule has 0 saturated carbocycles. The minimum absolute atomic E-state index is 0.0462. The van der Waals surface area contributed by atoms with Gasteiger partial charge in [0.15, 0.2) is 5.82 Å². The van der Waals surface area contributed by atoms with Crippen molar-refractivity contribution in [3.63, 3.8) is 0 Å². The van der Waals surface area contributed by atoms with Crippen LogP contribution >= 0.6 is 0 Å². The van der Waals surface area contributed by atoms with Gasteiger partial charge in [-0.05, 0) is 24.6 Å². The summed E-state index contributed by atoms with van der Waals surface area (Å²) in [5.41, 5.74) is 0.333. The van der Waals surface area contributed by atoms with Gasteiger partial charge in [0.2, 0.25) is 5.76 Å². The molecule has 6 heteroatoms. The number of halogens is 2. The standard InChI is InChI=1S/C13H11F2NO3/c1-7-2-3-9(14)11(10(7)15)16-6-8-4-5-19-12(8)13(17)18/h2-5,16H,6H2,1H3,(H,17,18). The van der Waals surface area contributed by atoms with Crippen LogP contribution in [0.4, 0.5) is 14.5 Å². The maximum atomic E-state index is 13.7. The highest BCUT2D eigenvalue weighted by atomic mass is 19.1. The van der Waals surface area contributed by atoms with Gasteiger partial charge in [0.1, 0.15) is 11.5 Å². The molecule has 1 aromatic carbocycles. The average Bonchev–Trinajstić information content (AvgIpc) is 2.82. The van der Waals surface area contributed by atoms with E-state index in [-0.39, 0.29) is 18.0 Å². The van der Waals surface area contributed by atoms with Crippen molar-refractivity contribution in [2.75, 3.05) is 5.32 Å². The summed E-state index contributed by atoms with van der Waals surface area (Å²) in [6, 6.07) is 3.91. The van der Waals surface area contributed by atoms with Crippen LogP contribution in [0.15, 0.2) is 28.9 Å². The third-order valence-electron chi connectivity index (χ3n) is 2.68. The number of aromatic carboxylic acids is 1. The van der Waals surface area contributed by atoms with Crippen LogP contribution in [0.3, 0.4) is 0 Å². The summed E-state index contributed by atoms with van der Waals surface area (Å²) in [6.07, 6.45) is 1.21. The lowest BCUT2D eigenvalue weighted by atomic mass is 10.2. The number of hydrogen-bond donors (Lipinski definition) is 2. The lowest BCUT2D eigenvalue weighted by Gasteiger charge is -2.09. The molecule has 2 rings (SSSR count). The Labute approximate surface area is 107 Å². The molecule has 0 bridgehead atoms. The van der Waals surface area contributed by atoms with E-state index in [2.05, 4.69) is 5.32 Å². The molecule has 2 N–H and O–H groups in total. The Morgan fingerprint density at radius 1 is 1.37 bits per heavy atom. The minimum Gasteiger partial charge on any atom is -0.475 e. The van der Waals surface area contributed by atoms with Crippen LogP contribution < -0.4 is 5.32 Å². The fourth-order valence-electron chi connectivity index (χ4n) is 1.66. The van der Waals surface area contributed by atoms with Gasteiger partial charge in [-0.25, -0.2) is 13.6 Å². The normalized spacial score (nSPS) is 10.5. The van der Waals surface area contributed by atoms with Crippen molar-refractivity contribution in [3.05, 3.63) is 53.0 Å². The van der Waals surface area contributed by atoms with Crippen molar-refractivity contribution in [3.8, 4) is 0 Å². The zero-order valence-corrected chi connectivity index (χ0v) is 10.0. The van der Waals surface area contributed by atoms with Crippen LogP contribution in [0.2, 0.25) is 0 Å². The zero-order chi connectivity index (χ0) is 14.0. The first-order chi connectivity index (χ1) is 9.00. The van der Waals surface area contributed by atoms with E-state index in [4.69, 9.17) is 9.52 Å². The van der Waals surface area contributed by atoms with E-state index < -0.39 is 17.6 Å². The van der Waals surface area contributed by atoms with E-state index in [1.807, 2.05) is 0 Å². The number of anilines is 1. The smallest absolute Gasteiger partial charge is 0.372 e. The number of furan rings is 1. The molecule has 0 radical (unpaired) electrons. The zero-order valence-electron chi connectivity index (χ0n) is 10.0. The molecular weight excluding hydrogens is 256 g/mol. The lowest BCUT2D eigenvalue weighted by molar-refractivity contribution is 0.0661. The van der Waals surface area contributed by atoms with Crippen molar-refractivity contribution >= 4 is 11.7 Å². The molecule has 0 unspecified atom stereocenters. The molecule has 0 amide bonds. The molecule has 0 aliphatic carbocycles. The van der Waals surface area contributed by atoms with Crippen molar-refractivity contribution in [1.29, 1.82) is 0 Å². The first-order valence-electron chi connectivity index (χ1n) is 5.49. The second-order valence-electron chi connectivity index (χ2n) is 3.99. The van der Waals surface area contributed by atoms with Crippen molar-refractivity contribution in [1.82, 2.24) is 0 Å². The molecule has 0 saturated heterocycles. The van der Waals surface area contributed by atoms with Gasteiger partial charge in [-0.1, -0.05) is 6.07 Å². The molecule has 0 fully saturated rings. The highest BCUT2D eigenvalue weighted by Gasteiger charge is 2.16. The molecule has 4 nitrogen and oxygen atoms in total. The Morgan fingerprint density at radius 2 is 2.11 bits per heavy atom. The van der Waals surface area contributed by atoms with Gasteiger partial charge >= 0.3 is 5.97 Å². The molecule has 0 spiro atoms. The fraction of sp³-hybridized carbons (Fsp3) is 0.154. The Balaban J connectivity index is 2.22. The SMILES string of the molecule is Cc1ccc(F)c(NCc2ccoc2C(=O)O)c1F. The molecule has 0 aliphatic heterocycles. The molecular formula is C13H11F2NO3. The number of carbonyl (C=O) groups is 1. The Kier molecular flexibility index (Phi) is 3.50. The number of carboxylic acid groups (broad SMARTS) is 1. The second kappa shape index (κ2) is 5.09. The first-order valence-corrected chi connectivity index (χ1v) is 5.49. The summed E-state index contributed by atoms with van der Waals surface area (Å²) >= 11 is 0. The van der Waals surface area contributed by atoms with Crippen molar-refractivity contribution < 1.29 is 23.1 Å². The number of benzene rings is 1. The largest absolute Gasteiger partial charge is 0.475 e. The average molecular weight is 267 g/mol. The third-order valence-corrected chi connectivity index (χ3v) is 2.68. The quantitative estimate of drug-likeness (QED) is 0.893. The fourth-order valence-corrected chi connectivity index (χ4v) is 1.66. The van der Waals surface area contributed by atoms with E-state index in [9.17, 15) is 13.6 Å². The van der Waals surface area contributed by atoms with Crippen LogP contribution in [0.5, 0.6) is 0 Å². The summed E-state index contributed by atoms with van der Waals surface area (Å²) in [4.78, 5) is 10.8. The molecule has 0 aliphatic rings. The van der Waals surface area contributed by atoms with Crippen LogP contribution in [0.1, 0.15) is 21.7 Å². The summed E-state index contributed by atoms with van der Waals surface area (Å²) in [7, 11) is 0. The van der Waals surface area contributed by atoms with Crippen LogP contribution in [-0.2, 0) is 6.54 Å². The number of carboxylic acids is 1. The van der Waals surface area contributed by atoms with Crippen molar-refractivity contribution in [2.24, 2.45) is 0 Å². The van der Waals surface area contributed by atoms with Gasteiger partial charge in [-0.15, -0.1) is 0 Å². The van der Waals surface area contributed by atoms with E-state index in [1.54, 1.807) is 0 Å². The molecule has 100 valence electrons. The van der Waals surface area contributed by atoms with Gasteiger partial charge in [0.25, 0.3) is 0 Å². The predicted octanol–water partition coefficient (Wildman–Crippen LogP) is 3.18. The minimum atomic E-state index is -1.23. The molecule has 1 heterocycles. The van der Waals surface area contributed by atoms with Crippen molar-refractivity contribution in [2.45, 2.75) is 13.5 Å². The third kappa shape index (κ3) is 2.57. The van der Waals surface area contributed by atoms with Gasteiger partial charge < -0.3 is 14.8 Å². The van der Waals surface area contributed by atoms with Crippen LogP contribution in [-0.4, -0.2) is 11.1 Å². The second-order valence-corrected chi connectivity index (χ2v) is 3.99. The Morgan fingerprint density at radius 3 is 2.79 bits per heavy atom. The van der Waals surface area contributed by atoms with Gasteiger partial charge in [-0.2, -0.15) is 0 Å². The summed E-state index contributed by atoms with van der Waals surface area (Å²) in [5, 5.41) is 11.4. The molecule has 0 atom stereocenters. The number of hydrogen-bond acceptors (Lipinski definition) is 3. The summed E-state index contributed by atoms with van der Waals surface area (Å²) in [6.45, 7) is 1.47. The van der Waals surface area contributed by atoms with Crippen LogP contribution in [0, 0.1) is 18.6 Å². The first kappa shape index (κ1) is 13.1. The topological polar surface area (TPSA) is 62.5 Å². The van der Waals surface area contributed by atoms with Gasteiger partial charge in [-0.3, -0.25) is 0 Å². The Bertz CT molecular complexity index is 622. The summed E-state index contributed by atoms with van der Waals surface area (Å²) < 4.78 is 32.0. The highest BCUT2D eigenvalue weighted by molar-refractivity contribution is 5.86. The predicted molar refractivity (Wildman–Crippen MR) is 64.1 cm³/mol. The number of nitrogens with one attached hydrogen (secondary N) is 1. The Hall–Kier alpha value is -2.37. The maximum Gasteiger partial charge on any atom is 0.372 e. The van der Waals surface area contributed by atoms with Gasteiger partial charge in [0, 0.05) is 12.1 Å². The highest BCUT2D eigenvalue weighted by Crippen LogP contribution is 2.23. The summed E-state index contributed by atoms with van der Waals surface area (Å²) in [5.74, 6) is -2.91. The van der Waals surface area contributed by atoms with E-state index in [0.717, 1.165) is 6.07 Å². The molecule has 19 heavy (non-hydrogen) atoms. The maximum absolute atomic E-state index is 13.7.